The molecule has 0 bridgehead atoms. The van der Waals surface area contributed by atoms with Crippen LogP contribution in [0, 0.1) is 3.57 Å². The van der Waals surface area contributed by atoms with Crippen LogP contribution in [0.4, 0.5) is 13.2 Å². The molecule has 0 heterocycles. The summed E-state index contributed by atoms with van der Waals surface area (Å²) in [6.07, 6.45) is -1.44. The Kier molecular flexibility index (Phi) is 6.09. The van der Waals surface area contributed by atoms with Gasteiger partial charge in [0, 0.05) is 15.7 Å². The Bertz CT molecular complexity index is 446. The molecule has 1 N–H and O–H groups in total. The maximum atomic E-state index is 12.6. The number of benzene rings is 1. The highest BCUT2D eigenvalue weighted by atomic mass is 127. The molecule has 0 aliphatic rings. The Morgan fingerprint density at radius 2 is 2.00 bits per heavy atom. The van der Waals surface area contributed by atoms with Crippen molar-refractivity contribution in [3.8, 4) is 0 Å². The summed E-state index contributed by atoms with van der Waals surface area (Å²) in [4.78, 5) is 11.7. The minimum atomic E-state index is -4.38. The predicted molar refractivity (Wildman–Crippen MR) is 76.0 cm³/mol. The molecular weight excluding hydrogens is 370 g/mol. The quantitative estimate of drug-likeness (QED) is 0.597. The number of carbonyl (C=O) groups is 1. The highest BCUT2D eigenvalue weighted by Crippen LogP contribution is 2.33. The third-order valence-corrected chi connectivity index (χ3v) is 3.50. The molecule has 0 fully saturated rings. The molecule has 0 unspecified atom stereocenters. The van der Waals surface area contributed by atoms with Gasteiger partial charge in [0.15, 0.2) is 0 Å². The normalized spacial score (nSPS) is 11.4. The van der Waals surface area contributed by atoms with E-state index in [0.29, 0.717) is 6.54 Å². The highest BCUT2D eigenvalue weighted by molar-refractivity contribution is 14.1. The van der Waals surface area contributed by atoms with E-state index in [0.717, 1.165) is 25.3 Å². The minimum absolute atomic E-state index is 0.0336. The zero-order valence-electron chi connectivity index (χ0n) is 10.5. The van der Waals surface area contributed by atoms with E-state index >= 15 is 0 Å². The Hall–Kier alpha value is -0.790. The summed E-state index contributed by atoms with van der Waals surface area (Å²) in [5, 5.41) is 2.70. The third-order valence-electron chi connectivity index (χ3n) is 2.60. The van der Waals surface area contributed by atoms with Crippen molar-refractivity contribution in [2.45, 2.75) is 32.4 Å². The lowest BCUT2D eigenvalue weighted by Gasteiger charge is -2.10. The molecule has 0 radical (unpaired) electrons. The summed E-state index contributed by atoms with van der Waals surface area (Å²) in [5.74, 6) is -0.331. The standard InChI is InChI=1S/C13H15F3INO/c1-2-3-4-7-18-12(19)9-5-6-10(11(17)8-9)13(14,15)16/h5-6,8H,2-4,7H2,1H3,(H,18,19). The first-order chi connectivity index (χ1) is 8.86. The van der Waals surface area contributed by atoms with Crippen molar-refractivity contribution in [1.29, 1.82) is 0 Å². The molecule has 1 aromatic carbocycles. The van der Waals surface area contributed by atoms with Gasteiger partial charge in [0.1, 0.15) is 0 Å². The number of alkyl halides is 3. The number of amides is 1. The average Bonchev–Trinajstić information content (AvgIpc) is 2.32. The first-order valence-electron chi connectivity index (χ1n) is 6.01. The van der Waals surface area contributed by atoms with Gasteiger partial charge in [0.2, 0.25) is 0 Å². The van der Waals surface area contributed by atoms with Crippen LogP contribution in [0.3, 0.4) is 0 Å². The molecule has 0 saturated heterocycles. The smallest absolute Gasteiger partial charge is 0.352 e. The van der Waals surface area contributed by atoms with E-state index in [4.69, 9.17) is 0 Å². The van der Waals surface area contributed by atoms with Crippen LogP contribution < -0.4 is 5.32 Å². The predicted octanol–water partition coefficient (Wildman–Crippen LogP) is 4.23. The maximum Gasteiger partial charge on any atom is 0.417 e. The molecule has 1 aromatic rings. The lowest BCUT2D eigenvalue weighted by atomic mass is 10.1. The molecule has 106 valence electrons. The Labute approximate surface area is 123 Å². The van der Waals surface area contributed by atoms with E-state index in [1.807, 2.05) is 0 Å². The van der Waals surface area contributed by atoms with Crippen LogP contribution in [0.1, 0.15) is 42.1 Å². The van der Waals surface area contributed by atoms with Gasteiger partial charge in [0.25, 0.3) is 5.91 Å². The summed E-state index contributed by atoms with van der Waals surface area (Å²) in [5.41, 5.74) is -0.454. The van der Waals surface area contributed by atoms with Crippen LogP contribution in [-0.2, 0) is 6.18 Å². The fourth-order valence-electron chi connectivity index (χ4n) is 1.57. The molecule has 6 heteroatoms. The number of rotatable bonds is 5. The van der Waals surface area contributed by atoms with Crippen LogP contribution in [-0.4, -0.2) is 12.5 Å². The fraction of sp³-hybridized carbons (Fsp3) is 0.462. The highest BCUT2D eigenvalue weighted by Gasteiger charge is 2.33. The molecule has 1 rings (SSSR count). The van der Waals surface area contributed by atoms with E-state index in [1.165, 1.54) is 12.1 Å². The van der Waals surface area contributed by atoms with E-state index in [9.17, 15) is 18.0 Å². The summed E-state index contributed by atoms with van der Waals surface area (Å²) >= 11 is 1.60. The molecule has 0 aliphatic carbocycles. The zero-order valence-corrected chi connectivity index (χ0v) is 12.6. The molecule has 19 heavy (non-hydrogen) atoms. The Balaban J connectivity index is 2.70. The van der Waals surface area contributed by atoms with Gasteiger partial charge in [-0.05, 0) is 47.2 Å². The number of hydrogen-bond donors (Lipinski definition) is 1. The summed E-state index contributed by atoms with van der Waals surface area (Å²) < 4.78 is 37.7. The molecule has 0 spiro atoms. The van der Waals surface area contributed by atoms with Gasteiger partial charge >= 0.3 is 6.18 Å². The first-order valence-corrected chi connectivity index (χ1v) is 7.09. The molecule has 0 aromatic heterocycles. The van der Waals surface area contributed by atoms with E-state index < -0.39 is 11.7 Å². The molecule has 0 saturated carbocycles. The number of halogens is 4. The second-order valence-electron chi connectivity index (χ2n) is 4.16. The monoisotopic (exact) mass is 385 g/mol. The van der Waals surface area contributed by atoms with Gasteiger partial charge in [-0.2, -0.15) is 13.2 Å². The second kappa shape index (κ2) is 7.12. The number of hydrogen-bond acceptors (Lipinski definition) is 1. The molecule has 1 amide bonds. The van der Waals surface area contributed by atoms with E-state index in [2.05, 4.69) is 12.2 Å². The lowest BCUT2D eigenvalue weighted by molar-refractivity contribution is -0.138. The van der Waals surface area contributed by atoms with Gasteiger partial charge < -0.3 is 5.32 Å². The van der Waals surface area contributed by atoms with E-state index in [-0.39, 0.29) is 15.0 Å². The van der Waals surface area contributed by atoms with Crippen molar-refractivity contribution < 1.29 is 18.0 Å². The van der Waals surface area contributed by atoms with Crippen molar-refractivity contribution in [3.63, 3.8) is 0 Å². The van der Waals surface area contributed by atoms with Gasteiger partial charge in [-0.15, -0.1) is 0 Å². The number of carbonyl (C=O) groups excluding carboxylic acids is 1. The van der Waals surface area contributed by atoms with Crippen LogP contribution >= 0.6 is 22.6 Å². The summed E-state index contributed by atoms with van der Waals surface area (Å²) in [7, 11) is 0. The SMILES string of the molecule is CCCCCNC(=O)c1ccc(C(F)(F)F)c(I)c1. The number of unbranched alkanes of at least 4 members (excludes halogenated alkanes) is 2. The first kappa shape index (κ1) is 16.3. The average molecular weight is 385 g/mol. The van der Waals surface area contributed by atoms with Gasteiger partial charge in [0.05, 0.1) is 5.56 Å². The van der Waals surface area contributed by atoms with Gasteiger partial charge in [-0.25, -0.2) is 0 Å². The maximum absolute atomic E-state index is 12.6. The van der Waals surface area contributed by atoms with Gasteiger partial charge in [-0.1, -0.05) is 19.8 Å². The lowest BCUT2D eigenvalue weighted by Crippen LogP contribution is -2.24. The van der Waals surface area contributed by atoms with Crippen molar-refractivity contribution in [2.24, 2.45) is 0 Å². The van der Waals surface area contributed by atoms with Crippen molar-refractivity contribution >= 4 is 28.5 Å². The Morgan fingerprint density at radius 1 is 1.32 bits per heavy atom. The molecule has 0 aliphatic heterocycles. The summed E-state index contributed by atoms with van der Waals surface area (Å²) in [6, 6.07) is 3.42. The minimum Gasteiger partial charge on any atom is -0.352 e. The van der Waals surface area contributed by atoms with Gasteiger partial charge in [-0.3, -0.25) is 4.79 Å². The zero-order chi connectivity index (χ0) is 14.5. The van der Waals surface area contributed by atoms with Crippen molar-refractivity contribution in [1.82, 2.24) is 5.32 Å². The van der Waals surface area contributed by atoms with Crippen molar-refractivity contribution in [3.05, 3.63) is 32.9 Å². The second-order valence-corrected chi connectivity index (χ2v) is 5.32. The molecular formula is C13H15F3INO. The summed E-state index contributed by atoms with van der Waals surface area (Å²) in [6.45, 7) is 2.60. The van der Waals surface area contributed by atoms with Crippen LogP contribution in [0.15, 0.2) is 18.2 Å². The number of nitrogens with one attached hydrogen (secondary N) is 1. The van der Waals surface area contributed by atoms with Crippen LogP contribution in [0.5, 0.6) is 0 Å². The third kappa shape index (κ3) is 5.00. The van der Waals surface area contributed by atoms with E-state index in [1.54, 1.807) is 22.6 Å². The largest absolute Gasteiger partial charge is 0.417 e. The van der Waals surface area contributed by atoms with Crippen molar-refractivity contribution in [2.75, 3.05) is 6.54 Å². The Morgan fingerprint density at radius 3 is 2.53 bits per heavy atom. The topological polar surface area (TPSA) is 29.1 Å². The van der Waals surface area contributed by atoms with Crippen LogP contribution in [0.25, 0.3) is 0 Å². The van der Waals surface area contributed by atoms with Crippen LogP contribution in [0.2, 0.25) is 0 Å². The molecule has 2 nitrogen and oxygen atoms in total. The molecule has 0 atom stereocenters. The fourth-order valence-corrected chi connectivity index (χ4v) is 2.39.